The van der Waals surface area contributed by atoms with Gasteiger partial charge in [0.1, 0.15) is 0 Å². The molecule has 5 nitrogen and oxygen atoms in total. The maximum absolute atomic E-state index is 13.5. The number of nitrogens with zero attached hydrogens (tertiary/aromatic N) is 3. The number of amides is 2. The molecule has 2 bridgehead atoms. The van der Waals surface area contributed by atoms with Crippen molar-refractivity contribution < 1.29 is 18.0 Å². The third kappa shape index (κ3) is 2.94. The zero-order chi connectivity index (χ0) is 21.0. The minimum Gasteiger partial charge on any atom is -0.310 e. The number of benzene rings is 2. The number of fused-ring (bicyclic) bond motifs is 5. The highest BCUT2D eigenvalue weighted by Gasteiger charge is 2.46. The Balaban J connectivity index is 1.45. The molecule has 1 fully saturated rings. The van der Waals surface area contributed by atoms with Crippen molar-refractivity contribution in [3.05, 3.63) is 71.4 Å². The van der Waals surface area contributed by atoms with Crippen molar-refractivity contribution in [1.29, 1.82) is 0 Å². The lowest BCUT2D eigenvalue weighted by molar-refractivity contribution is -0.137. The van der Waals surface area contributed by atoms with Crippen LogP contribution in [0.1, 0.15) is 41.6 Å². The first kappa shape index (κ1) is 18.7. The average molecular weight is 412 g/mol. The highest BCUT2D eigenvalue weighted by molar-refractivity contribution is 5.92. The van der Waals surface area contributed by atoms with Gasteiger partial charge >= 0.3 is 12.2 Å². The van der Waals surface area contributed by atoms with Crippen LogP contribution in [0.5, 0.6) is 0 Å². The van der Waals surface area contributed by atoms with E-state index in [4.69, 9.17) is 0 Å². The minimum absolute atomic E-state index is 0.0101. The summed E-state index contributed by atoms with van der Waals surface area (Å²) >= 11 is 0. The molecule has 3 heterocycles. The fraction of sp³-hybridized carbons (Fsp3) is 0.273. The van der Waals surface area contributed by atoms with Gasteiger partial charge in [-0.2, -0.15) is 18.3 Å². The molecule has 2 unspecified atom stereocenters. The molecule has 5 rings (SSSR count). The quantitative estimate of drug-likeness (QED) is 0.602. The first-order valence-corrected chi connectivity index (χ1v) is 9.72. The van der Waals surface area contributed by atoms with E-state index in [-0.39, 0.29) is 29.4 Å². The zero-order valence-electron chi connectivity index (χ0n) is 16.1. The van der Waals surface area contributed by atoms with Gasteiger partial charge in [-0.1, -0.05) is 24.3 Å². The Hall–Kier alpha value is -3.29. The molecule has 0 spiro atoms. The molecule has 2 amide bonds. The molecule has 2 aliphatic heterocycles. The Morgan fingerprint density at radius 2 is 1.73 bits per heavy atom. The number of aromatic nitrogens is 2. The Morgan fingerprint density at radius 1 is 1.07 bits per heavy atom. The molecule has 1 N–H and O–H groups in total. The summed E-state index contributed by atoms with van der Waals surface area (Å²) in [4.78, 5) is 14.9. The summed E-state index contributed by atoms with van der Waals surface area (Å²) in [5.74, 6) is 0. The van der Waals surface area contributed by atoms with Gasteiger partial charge in [0.05, 0.1) is 23.3 Å². The van der Waals surface area contributed by atoms with Crippen LogP contribution in [-0.2, 0) is 13.2 Å². The number of rotatable bonds is 2. The van der Waals surface area contributed by atoms with Gasteiger partial charge in [-0.05, 0) is 48.2 Å². The van der Waals surface area contributed by atoms with E-state index >= 15 is 0 Å². The Bertz CT molecular complexity index is 1110. The fourth-order valence-corrected chi connectivity index (χ4v) is 4.65. The largest absolute Gasteiger partial charge is 0.417 e. The van der Waals surface area contributed by atoms with Gasteiger partial charge in [-0.25, -0.2) is 4.79 Å². The second-order valence-electron chi connectivity index (χ2n) is 7.71. The summed E-state index contributed by atoms with van der Waals surface area (Å²) in [7, 11) is 1.64. The highest BCUT2D eigenvalue weighted by atomic mass is 19.4. The predicted octanol–water partition coefficient (Wildman–Crippen LogP) is 5.53. The number of carbonyl (C=O) groups is 1. The molecule has 30 heavy (non-hydrogen) atoms. The molecule has 2 atom stereocenters. The zero-order valence-corrected chi connectivity index (χ0v) is 16.1. The topological polar surface area (TPSA) is 50.2 Å². The van der Waals surface area contributed by atoms with E-state index in [0.717, 1.165) is 30.0 Å². The molecule has 8 heteroatoms. The monoisotopic (exact) mass is 412 g/mol. The molecular formula is C22H19F3N4O. The van der Waals surface area contributed by atoms with Crippen LogP contribution in [0.15, 0.2) is 54.7 Å². The summed E-state index contributed by atoms with van der Waals surface area (Å²) in [6.07, 6.45) is -1.16. The van der Waals surface area contributed by atoms with E-state index in [1.165, 1.54) is 22.9 Å². The summed E-state index contributed by atoms with van der Waals surface area (Å²) in [6.45, 7) is 0. The van der Waals surface area contributed by atoms with Gasteiger partial charge in [0, 0.05) is 24.5 Å². The van der Waals surface area contributed by atoms with Gasteiger partial charge in [0.25, 0.3) is 0 Å². The van der Waals surface area contributed by atoms with Crippen molar-refractivity contribution >= 4 is 11.7 Å². The van der Waals surface area contributed by atoms with Crippen molar-refractivity contribution in [3.8, 4) is 11.3 Å². The SMILES string of the molecule is Cn1ccc(-c2cc(NC(=O)N3C4CCC3c3ccccc34)ccc2C(F)(F)F)n1. The van der Waals surface area contributed by atoms with Gasteiger partial charge in [0.2, 0.25) is 0 Å². The number of hydrogen-bond acceptors (Lipinski definition) is 2. The smallest absolute Gasteiger partial charge is 0.310 e. The van der Waals surface area contributed by atoms with Gasteiger partial charge < -0.3 is 10.2 Å². The number of halogens is 3. The average Bonchev–Trinajstić information content (AvgIpc) is 3.41. The lowest BCUT2D eigenvalue weighted by Crippen LogP contribution is -2.32. The molecule has 1 aromatic heterocycles. The van der Waals surface area contributed by atoms with E-state index in [1.54, 1.807) is 13.2 Å². The number of hydrogen-bond donors (Lipinski definition) is 1. The van der Waals surface area contributed by atoms with Crippen LogP contribution < -0.4 is 5.32 Å². The van der Waals surface area contributed by atoms with Crippen LogP contribution >= 0.6 is 0 Å². The van der Waals surface area contributed by atoms with Crippen LogP contribution in [-0.4, -0.2) is 20.7 Å². The number of urea groups is 1. The Labute approximate surface area is 171 Å². The molecule has 0 saturated carbocycles. The molecule has 1 saturated heterocycles. The number of nitrogens with one attached hydrogen (secondary N) is 1. The molecule has 0 aliphatic carbocycles. The summed E-state index contributed by atoms with van der Waals surface area (Å²) in [6, 6.07) is 12.9. The van der Waals surface area contributed by atoms with Crippen LogP contribution in [0.4, 0.5) is 23.7 Å². The second kappa shape index (κ2) is 6.62. The van der Waals surface area contributed by atoms with Crippen LogP contribution in [0, 0.1) is 0 Å². The van der Waals surface area contributed by atoms with E-state index in [1.807, 2.05) is 29.2 Å². The molecule has 3 aromatic rings. The lowest BCUT2D eigenvalue weighted by atomic mass is 9.92. The van der Waals surface area contributed by atoms with Crippen LogP contribution in [0.25, 0.3) is 11.3 Å². The third-order valence-corrected chi connectivity index (χ3v) is 5.90. The Kier molecular flexibility index (Phi) is 4.13. The van der Waals surface area contributed by atoms with Crippen molar-refractivity contribution in [2.24, 2.45) is 7.05 Å². The van der Waals surface area contributed by atoms with E-state index in [9.17, 15) is 18.0 Å². The van der Waals surface area contributed by atoms with E-state index in [0.29, 0.717) is 5.69 Å². The second-order valence-corrected chi connectivity index (χ2v) is 7.71. The number of aryl methyl sites for hydroxylation is 1. The minimum atomic E-state index is -4.52. The highest BCUT2D eigenvalue weighted by Crippen LogP contribution is 2.53. The lowest BCUT2D eigenvalue weighted by Gasteiger charge is -2.23. The van der Waals surface area contributed by atoms with Gasteiger partial charge in [-0.15, -0.1) is 0 Å². The molecule has 2 aliphatic rings. The first-order chi connectivity index (χ1) is 14.3. The summed E-state index contributed by atoms with van der Waals surface area (Å²) in [5, 5.41) is 6.91. The summed E-state index contributed by atoms with van der Waals surface area (Å²) in [5.41, 5.74) is 1.98. The first-order valence-electron chi connectivity index (χ1n) is 9.72. The molecular weight excluding hydrogens is 393 g/mol. The van der Waals surface area contributed by atoms with Crippen LogP contribution in [0.2, 0.25) is 0 Å². The van der Waals surface area contributed by atoms with Crippen LogP contribution in [0.3, 0.4) is 0 Å². The standard InChI is InChI=1S/C22H19F3N4O/c1-28-11-10-18(27-28)16-12-13(6-7-17(16)22(23,24)25)26-21(30)29-19-8-9-20(29)15-5-3-2-4-14(15)19/h2-7,10-12,19-20H,8-9H2,1H3,(H,26,30). The van der Waals surface area contributed by atoms with Crippen molar-refractivity contribution in [2.75, 3.05) is 5.32 Å². The fourth-order valence-electron chi connectivity index (χ4n) is 4.65. The third-order valence-electron chi connectivity index (χ3n) is 5.90. The molecule has 2 aromatic carbocycles. The van der Waals surface area contributed by atoms with Crippen molar-refractivity contribution in [2.45, 2.75) is 31.1 Å². The maximum Gasteiger partial charge on any atom is 0.417 e. The number of anilines is 1. The van der Waals surface area contributed by atoms with Crippen molar-refractivity contribution in [1.82, 2.24) is 14.7 Å². The number of carbonyl (C=O) groups excluding carboxylic acids is 1. The van der Waals surface area contributed by atoms with E-state index in [2.05, 4.69) is 10.4 Å². The number of alkyl halides is 3. The molecule has 0 radical (unpaired) electrons. The van der Waals surface area contributed by atoms with Gasteiger partial charge in [0.15, 0.2) is 0 Å². The van der Waals surface area contributed by atoms with E-state index < -0.39 is 11.7 Å². The van der Waals surface area contributed by atoms with Crippen molar-refractivity contribution in [3.63, 3.8) is 0 Å². The normalized spacial score (nSPS) is 19.8. The maximum atomic E-state index is 13.5. The Morgan fingerprint density at radius 3 is 2.30 bits per heavy atom. The molecule has 154 valence electrons. The predicted molar refractivity (Wildman–Crippen MR) is 106 cm³/mol. The van der Waals surface area contributed by atoms with Gasteiger partial charge in [-0.3, -0.25) is 4.68 Å². The summed E-state index contributed by atoms with van der Waals surface area (Å²) < 4.78 is 42.0.